The molecule has 0 spiro atoms. The van der Waals surface area contributed by atoms with Gasteiger partial charge in [-0.3, -0.25) is 48.3 Å². The SMILES string of the molecule is CC(O)[C@H](NC(=O)[C@H](CCCN=C(N)N)CC(=O)[C@H](CCCCN)NC(=O)[C@H](CC(=O)O)CC(=O)CNC(=O)[C@H](N)CS)C(=O)C[C@@H](CCCN=C(N)N)C(=O)O. The van der Waals surface area contributed by atoms with Gasteiger partial charge >= 0.3 is 11.9 Å². The number of unbranched alkanes of at least 4 members (excludes halogenated alkanes) is 1. The average Bonchev–Trinajstić information content (AvgIpc) is 3.13. The predicted octanol–water partition coefficient (Wildman–Crippen LogP) is -3.77. The van der Waals surface area contributed by atoms with Crippen molar-refractivity contribution in [2.75, 3.05) is 31.9 Å². The summed E-state index contributed by atoms with van der Waals surface area (Å²) in [7, 11) is 0. The molecule has 0 aliphatic rings. The van der Waals surface area contributed by atoms with Gasteiger partial charge in [-0.2, -0.15) is 12.6 Å². The Morgan fingerprint density at radius 3 is 1.72 bits per heavy atom. The number of aliphatic hydroxyl groups excluding tert-OH is 1. The third kappa shape index (κ3) is 23.1. The molecule has 0 aliphatic heterocycles. The number of aliphatic imine (C=N–C) groups is 2. The largest absolute Gasteiger partial charge is 0.481 e. The lowest BCUT2D eigenvalue weighted by atomic mass is 9.89. The summed E-state index contributed by atoms with van der Waals surface area (Å²) in [6.45, 7) is 1.11. The number of carboxylic acid groups (broad SMARTS) is 2. The molecule has 0 heterocycles. The second-order valence-corrected chi connectivity index (χ2v) is 14.0. The number of Topliss-reactive ketones (excluding diaryl/α,β-unsaturated/α-hetero) is 3. The summed E-state index contributed by atoms with van der Waals surface area (Å²) in [4.78, 5) is 110. The van der Waals surface area contributed by atoms with E-state index in [-0.39, 0.29) is 69.4 Å². The molecular formula is C34H61N11O11S. The molecule has 324 valence electrons. The van der Waals surface area contributed by atoms with Crippen LogP contribution in [0.4, 0.5) is 0 Å². The highest BCUT2D eigenvalue weighted by atomic mass is 32.1. The van der Waals surface area contributed by atoms with Crippen molar-refractivity contribution in [3.63, 3.8) is 0 Å². The van der Waals surface area contributed by atoms with E-state index in [1.54, 1.807) is 0 Å². The number of ketones is 3. The first-order valence-electron chi connectivity index (χ1n) is 18.5. The number of thiol groups is 1. The van der Waals surface area contributed by atoms with Crippen molar-refractivity contribution in [2.45, 2.75) is 102 Å². The van der Waals surface area contributed by atoms with Gasteiger partial charge in [0.25, 0.3) is 0 Å². The Morgan fingerprint density at radius 1 is 0.684 bits per heavy atom. The second kappa shape index (κ2) is 28.5. The zero-order valence-corrected chi connectivity index (χ0v) is 33.2. The minimum Gasteiger partial charge on any atom is -0.481 e. The van der Waals surface area contributed by atoms with Gasteiger partial charge in [-0.1, -0.05) is 0 Å². The monoisotopic (exact) mass is 831 g/mol. The molecule has 3 amide bonds. The van der Waals surface area contributed by atoms with Crippen LogP contribution in [0.15, 0.2) is 9.98 Å². The minimum atomic E-state index is -1.56. The smallest absolute Gasteiger partial charge is 0.306 e. The van der Waals surface area contributed by atoms with E-state index < -0.39 is 121 Å². The first kappa shape index (κ1) is 52.1. The third-order valence-electron chi connectivity index (χ3n) is 8.66. The number of rotatable bonds is 32. The van der Waals surface area contributed by atoms with E-state index in [4.69, 9.17) is 34.4 Å². The van der Waals surface area contributed by atoms with Gasteiger partial charge < -0.3 is 65.7 Å². The highest BCUT2D eigenvalue weighted by Gasteiger charge is 2.35. The summed E-state index contributed by atoms with van der Waals surface area (Å²) in [5, 5.41) is 36.9. The fraction of sp³-hybridized carbons (Fsp3) is 0.706. The molecule has 0 saturated heterocycles. The van der Waals surface area contributed by atoms with E-state index in [1.165, 1.54) is 6.92 Å². The van der Waals surface area contributed by atoms with Gasteiger partial charge in [-0.25, -0.2) is 0 Å². The number of carbonyl (C=O) groups is 8. The molecule has 0 aromatic rings. The number of aliphatic carboxylic acids is 2. The van der Waals surface area contributed by atoms with E-state index in [2.05, 4.69) is 38.6 Å². The van der Waals surface area contributed by atoms with Crippen LogP contribution in [0.1, 0.15) is 77.6 Å². The molecule has 0 bridgehead atoms. The molecule has 0 radical (unpaired) electrons. The molecule has 0 fully saturated rings. The van der Waals surface area contributed by atoms with Crippen LogP contribution in [0.5, 0.6) is 0 Å². The second-order valence-electron chi connectivity index (χ2n) is 13.6. The van der Waals surface area contributed by atoms with E-state index >= 15 is 0 Å². The Hall–Kier alpha value is -4.87. The zero-order valence-electron chi connectivity index (χ0n) is 32.3. The summed E-state index contributed by atoms with van der Waals surface area (Å²) in [6, 6.07) is -3.82. The van der Waals surface area contributed by atoms with Gasteiger partial charge in [0.2, 0.25) is 17.7 Å². The van der Waals surface area contributed by atoms with Crippen molar-refractivity contribution >= 4 is 71.6 Å². The normalized spacial score (nSPS) is 14.6. The van der Waals surface area contributed by atoms with Crippen molar-refractivity contribution in [1.29, 1.82) is 0 Å². The molecule has 0 aromatic heterocycles. The summed E-state index contributed by atoms with van der Waals surface area (Å²) < 4.78 is 0. The standard InChI is InChI=1S/C34H61N11O11S/c1-18(46)28(26(49)14-20(32(55)56)7-5-11-42-34(39)40)45-29(52)19(6-4-10-41-33(37)38)13-25(48)24(8-2-3-9-35)44-30(53)21(15-27(50)51)12-22(47)16-43-31(54)23(36)17-57/h18-21,23-24,28,46,57H,2-17,35-36H2,1H3,(H,43,54)(H,44,53)(H,45,52)(H,50,51)(H,55,56)(H4,37,38,41)(H4,39,40,42)/t18?,19-,20-,21+,23-,24+,28+/m1/s1. The quantitative estimate of drug-likeness (QED) is 0.0134. The first-order chi connectivity index (χ1) is 26.7. The molecule has 57 heavy (non-hydrogen) atoms. The third-order valence-corrected chi connectivity index (χ3v) is 9.06. The van der Waals surface area contributed by atoms with Gasteiger partial charge in [0.1, 0.15) is 6.04 Å². The lowest BCUT2D eigenvalue weighted by Crippen LogP contribution is -2.51. The Bertz CT molecular complexity index is 1420. The van der Waals surface area contributed by atoms with Crippen LogP contribution in [-0.4, -0.2) is 130 Å². The van der Waals surface area contributed by atoms with Crippen molar-refractivity contribution in [1.82, 2.24) is 16.0 Å². The van der Waals surface area contributed by atoms with Crippen LogP contribution < -0.4 is 50.4 Å². The molecule has 7 atom stereocenters. The average molecular weight is 832 g/mol. The molecule has 0 rings (SSSR count). The fourth-order valence-corrected chi connectivity index (χ4v) is 5.70. The number of hydrogen-bond donors (Lipinski definition) is 13. The minimum absolute atomic E-state index is 0.00144. The number of nitrogens with two attached hydrogens (primary N) is 6. The van der Waals surface area contributed by atoms with Gasteiger partial charge in [0, 0.05) is 44.0 Å². The number of guanidine groups is 2. The van der Waals surface area contributed by atoms with Crippen LogP contribution in [0.3, 0.4) is 0 Å². The maximum atomic E-state index is 13.9. The van der Waals surface area contributed by atoms with Crippen LogP contribution in [0, 0.1) is 17.8 Å². The van der Waals surface area contributed by atoms with E-state index in [9.17, 15) is 53.7 Å². The van der Waals surface area contributed by atoms with E-state index in [0.717, 1.165) is 0 Å². The molecular weight excluding hydrogens is 771 g/mol. The summed E-state index contributed by atoms with van der Waals surface area (Å²) in [5.74, 6) is -11.5. The number of nitrogens with zero attached hydrogens (tertiary/aromatic N) is 2. The van der Waals surface area contributed by atoms with E-state index in [0.29, 0.717) is 12.8 Å². The number of carboxylic acids is 2. The first-order valence-corrected chi connectivity index (χ1v) is 19.1. The van der Waals surface area contributed by atoms with Crippen LogP contribution in [0.25, 0.3) is 0 Å². The van der Waals surface area contributed by atoms with Crippen molar-refractivity contribution in [3.8, 4) is 0 Å². The molecule has 22 nitrogen and oxygen atoms in total. The fourth-order valence-electron chi connectivity index (χ4n) is 5.54. The Kier molecular flexibility index (Phi) is 26.1. The van der Waals surface area contributed by atoms with Gasteiger partial charge in [0.15, 0.2) is 29.3 Å². The van der Waals surface area contributed by atoms with Crippen LogP contribution in [0.2, 0.25) is 0 Å². The lowest BCUT2D eigenvalue weighted by Gasteiger charge is -2.26. The molecule has 23 heteroatoms. The number of nitrogens with one attached hydrogen (secondary N) is 3. The maximum absolute atomic E-state index is 13.9. The molecule has 1 unspecified atom stereocenters. The maximum Gasteiger partial charge on any atom is 0.306 e. The number of hydrogen-bond acceptors (Lipinski definition) is 14. The molecule has 0 aliphatic carbocycles. The molecule has 0 saturated carbocycles. The zero-order chi connectivity index (χ0) is 43.7. The highest BCUT2D eigenvalue weighted by Crippen LogP contribution is 2.20. The molecule has 0 aromatic carbocycles. The number of carbonyl (C=O) groups excluding carboxylic acids is 6. The summed E-state index contributed by atoms with van der Waals surface area (Å²) in [5.41, 5.74) is 32.6. The summed E-state index contributed by atoms with van der Waals surface area (Å²) >= 11 is 3.91. The molecule has 18 N–H and O–H groups in total. The lowest BCUT2D eigenvalue weighted by molar-refractivity contribution is -0.145. The Morgan fingerprint density at radius 2 is 1.23 bits per heavy atom. The van der Waals surface area contributed by atoms with Crippen molar-refractivity contribution < 1.29 is 53.7 Å². The topological polar surface area (TPSA) is 414 Å². The van der Waals surface area contributed by atoms with Crippen molar-refractivity contribution in [2.24, 2.45) is 62.1 Å². The van der Waals surface area contributed by atoms with Crippen molar-refractivity contribution in [3.05, 3.63) is 0 Å². The number of amides is 3. The summed E-state index contributed by atoms with van der Waals surface area (Å²) in [6.07, 6.45) is -2.69. The Labute approximate surface area is 336 Å². The highest BCUT2D eigenvalue weighted by molar-refractivity contribution is 7.80. The van der Waals surface area contributed by atoms with Crippen LogP contribution in [-0.2, 0) is 38.4 Å². The van der Waals surface area contributed by atoms with Gasteiger partial charge in [-0.05, 0) is 58.4 Å². The number of aliphatic hydroxyl groups is 1. The van der Waals surface area contributed by atoms with Gasteiger partial charge in [-0.15, -0.1) is 0 Å². The van der Waals surface area contributed by atoms with E-state index in [1.807, 2.05) is 0 Å². The predicted molar refractivity (Wildman–Crippen MR) is 212 cm³/mol. The Balaban J connectivity index is 6.27. The van der Waals surface area contributed by atoms with Crippen LogP contribution >= 0.6 is 12.6 Å². The van der Waals surface area contributed by atoms with Gasteiger partial charge in [0.05, 0.1) is 43.0 Å².